The second kappa shape index (κ2) is 4.78. The Bertz CT molecular complexity index is 467. The van der Waals surface area contributed by atoms with Gasteiger partial charge in [0.1, 0.15) is 0 Å². The highest BCUT2D eigenvalue weighted by molar-refractivity contribution is 9.10. The average Bonchev–Trinajstić information content (AvgIpc) is 2.74. The predicted molar refractivity (Wildman–Crippen MR) is 77.0 cm³/mol. The highest BCUT2D eigenvalue weighted by atomic mass is 79.9. The maximum atomic E-state index is 10.9. The summed E-state index contributed by atoms with van der Waals surface area (Å²) in [5.41, 5.74) is 0.493. The van der Waals surface area contributed by atoms with Gasteiger partial charge in [0, 0.05) is 34.9 Å². The van der Waals surface area contributed by atoms with Crippen LogP contribution in [0.1, 0.15) is 18.4 Å². The summed E-state index contributed by atoms with van der Waals surface area (Å²) in [6.45, 7) is 3.20. The molecule has 2 fully saturated rings. The molecule has 2 saturated heterocycles. The lowest BCUT2D eigenvalue weighted by atomic mass is 9.78. The number of benzene rings is 1. The van der Waals surface area contributed by atoms with Crippen LogP contribution in [-0.4, -0.2) is 35.2 Å². The Labute approximate surface area is 121 Å². The van der Waals surface area contributed by atoms with Gasteiger partial charge in [0.25, 0.3) is 0 Å². The molecule has 2 nitrogen and oxygen atoms in total. The third-order valence-corrected chi connectivity index (χ3v) is 5.25. The van der Waals surface area contributed by atoms with E-state index in [0.29, 0.717) is 12.3 Å². The summed E-state index contributed by atoms with van der Waals surface area (Å²) in [6.07, 6.45) is 2.66. The van der Waals surface area contributed by atoms with Gasteiger partial charge in [-0.05, 0) is 37.1 Å². The van der Waals surface area contributed by atoms with Crippen molar-refractivity contribution in [3.05, 3.63) is 33.3 Å². The highest BCUT2D eigenvalue weighted by Gasteiger charge is 2.44. The van der Waals surface area contributed by atoms with Crippen molar-refractivity contribution in [2.45, 2.75) is 24.9 Å². The van der Waals surface area contributed by atoms with Crippen LogP contribution in [0.5, 0.6) is 0 Å². The van der Waals surface area contributed by atoms with E-state index in [1.807, 2.05) is 18.2 Å². The van der Waals surface area contributed by atoms with Crippen molar-refractivity contribution in [3.63, 3.8) is 0 Å². The van der Waals surface area contributed by atoms with E-state index in [0.717, 1.165) is 47.5 Å². The fraction of sp³-hybridized carbons (Fsp3) is 0.571. The molecule has 2 aliphatic heterocycles. The van der Waals surface area contributed by atoms with Gasteiger partial charge in [-0.3, -0.25) is 0 Å². The van der Waals surface area contributed by atoms with Gasteiger partial charge >= 0.3 is 0 Å². The van der Waals surface area contributed by atoms with Crippen molar-refractivity contribution >= 4 is 27.5 Å². The van der Waals surface area contributed by atoms with Gasteiger partial charge < -0.3 is 10.0 Å². The molecular formula is C14H17BrClNO. The smallest absolute Gasteiger partial charge is 0.0741 e. The molecule has 3 unspecified atom stereocenters. The number of hydrogen-bond acceptors (Lipinski definition) is 2. The third-order valence-electron chi connectivity index (χ3n) is 4.40. The monoisotopic (exact) mass is 329 g/mol. The minimum atomic E-state index is -0.565. The lowest BCUT2D eigenvalue weighted by Crippen LogP contribution is -2.47. The fourth-order valence-electron chi connectivity index (χ4n) is 3.26. The molecule has 0 amide bonds. The minimum absolute atomic E-state index is 0.408. The summed E-state index contributed by atoms with van der Waals surface area (Å²) in [4.78, 5) is 2.45. The summed E-state index contributed by atoms with van der Waals surface area (Å²) >= 11 is 9.67. The fourth-order valence-corrected chi connectivity index (χ4v) is 4.00. The maximum Gasteiger partial charge on any atom is 0.0741 e. The molecule has 2 aliphatic rings. The molecule has 0 spiro atoms. The van der Waals surface area contributed by atoms with Crippen molar-refractivity contribution in [1.29, 1.82) is 0 Å². The molecule has 0 aromatic heterocycles. The lowest BCUT2D eigenvalue weighted by molar-refractivity contribution is -0.0438. The first-order chi connectivity index (χ1) is 8.57. The van der Waals surface area contributed by atoms with Gasteiger partial charge in [-0.25, -0.2) is 0 Å². The maximum absolute atomic E-state index is 10.9. The summed E-state index contributed by atoms with van der Waals surface area (Å²) < 4.78 is 0.985. The van der Waals surface area contributed by atoms with E-state index in [4.69, 9.17) is 11.6 Å². The Morgan fingerprint density at radius 2 is 2.28 bits per heavy atom. The van der Waals surface area contributed by atoms with Crippen molar-refractivity contribution in [3.8, 4) is 0 Å². The Kier molecular flexibility index (Phi) is 3.43. The molecule has 1 N–H and O–H groups in total. The van der Waals surface area contributed by atoms with E-state index < -0.39 is 5.60 Å². The van der Waals surface area contributed by atoms with E-state index in [2.05, 4.69) is 20.8 Å². The van der Waals surface area contributed by atoms with Gasteiger partial charge in [-0.2, -0.15) is 0 Å². The molecule has 2 heterocycles. The number of nitrogens with zero attached hydrogens (tertiary/aromatic N) is 1. The van der Waals surface area contributed by atoms with Crippen molar-refractivity contribution in [1.82, 2.24) is 4.90 Å². The zero-order chi connectivity index (χ0) is 12.8. The zero-order valence-electron chi connectivity index (χ0n) is 10.2. The van der Waals surface area contributed by atoms with Crippen molar-refractivity contribution < 1.29 is 5.11 Å². The Morgan fingerprint density at radius 1 is 1.44 bits per heavy atom. The largest absolute Gasteiger partial charge is 0.389 e. The quantitative estimate of drug-likeness (QED) is 0.901. The van der Waals surface area contributed by atoms with Gasteiger partial charge in [-0.1, -0.05) is 33.6 Å². The summed E-state index contributed by atoms with van der Waals surface area (Å²) in [7, 11) is 0. The summed E-state index contributed by atoms with van der Waals surface area (Å²) in [5, 5.41) is 11.7. The molecule has 98 valence electrons. The number of hydrogen-bond donors (Lipinski definition) is 1. The molecule has 0 aliphatic carbocycles. The van der Waals surface area contributed by atoms with Gasteiger partial charge in [0.2, 0.25) is 0 Å². The first kappa shape index (κ1) is 12.9. The van der Waals surface area contributed by atoms with Crippen molar-refractivity contribution in [2.75, 3.05) is 19.6 Å². The highest BCUT2D eigenvalue weighted by Crippen LogP contribution is 2.39. The molecule has 18 heavy (non-hydrogen) atoms. The molecule has 1 aromatic carbocycles. The van der Waals surface area contributed by atoms with Crippen LogP contribution < -0.4 is 0 Å². The number of halogens is 2. The molecule has 0 saturated carbocycles. The second-order valence-electron chi connectivity index (χ2n) is 5.55. The number of rotatable bonds is 2. The Balaban J connectivity index is 1.82. The standard InChI is InChI=1S/C14H17BrClNO/c15-12-2-1-10(13(16)7-12)8-14(18)4-6-17-5-3-11(14)9-17/h1-2,7,11,18H,3-6,8-9H2. The van der Waals surface area contributed by atoms with Crippen LogP contribution in [0.15, 0.2) is 22.7 Å². The van der Waals surface area contributed by atoms with Gasteiger partial charge in [0.15, 0.2) is 0 Å². The minimum Gasteiger partial charge on any atom is -0.389 e. The van der Waals surface area contributed by atoms with Gasteiger partial charge in [-0.15, -0.1) is 0 Å². The number of fused-ring (bicyclic) bond motifs is 2. The lowest BCUT2D eigenvalue weighted by Gasteiger charge is -2.39. The molecule has 1 aromatic rings. The molecule has 4 heteroatoms. The SMILES string of the molecule is OC1(Cc2ccc(Br)cc2Cl)CCN2CCC1C2. The van der Waals surface area contributed by atoms with Crippen molar-refractivity contribution in [2.24, 2.45) is 5.92 Å². The zero-order valence-corrected chi connectivity index (χ0v) is 12.5. The first-order valence-electron chi connectivity index (χ1n) is 6.45. The van der Waals surface area contributed by atoms with Crippen LogP contribution in [0.4, 0.5) is 0 Å². The Hall–Kier alpha value is -0.0900. The molecule has 0 radical (unpaired) electrons. The van der Waals surface area contributed by atoms with E-state index in [1.54, 1.807) is 0 Å². The normalized spacial score (nSPS) is 34.8. The number of aliphatic hydroxyl groups is 1. The first-order valence-corrected chi connectivity index (χ1v) is 7.63. The third kappa shape index (κ3) is 2.34. The molecule has 2 bridgehead atoms. The molecule has 3 rings (SSSR count). The van der Waals surface area contributed by atoms with E-state index >= 15 is 0 Å². The predicted octanol–water partition coefficient (Wildman–Crippen LogP) is 3.10. The van der Waals surface area contributed by atoms with E-state index in [9.17, 15) is 5.11 Å². The van der Waals surface area contributed by atoms with E-state index in [-0.39, 0.29) is 0 Å². The average molecular weight is 331 g/mol. The van der Waals surface area contributed by atoms with Crippen LogP contribution in [0, 0.1) is 5.92 Å². The van der Waals surface area contributed by atoms with Crippen LogP contribution in [0.3, 0.4) is 0 Å². The van der Waals surface area contributed by atoms with E-state index in [1.165, 1.54) is 0 Å². The van der Waals surface area contributed by atoms with Crippen LogP contribution in [-0.2, 0) is 6.42 Å². The van der Waals surface area contributed by atoms with Crippen LogP contribution in [0.25, 0.3) is 0 Å². The second-order valence-corrected chi connectivity index (χ2v) is 6.88. The molecule has 3 atom stereocenters. The summed E-state index contributed by atoms with van der Waals surface area (Å²) in [6, 6.07) is 5.92. The number of piperidine rings is 1. The Morgan fingerprint density at radius 3 is 3.06 bits per heavy atom. The van der Waals surface area contributed by atoms with Gasteiger partial charge in [0.05, 0.1) is 5.60 Å². The van der Waals surface area contributed by atoms with Crippen LogP contribution >= 0.6 is 27.5 Å². The topological polar surface area (TPSA) is 23.5 Å². The molecular weight excluding hydrogens is 314 g/mol. The summed E-state index contributed by atoms with van der Waals surface area (Å²) in [5.74, 6) is 0.408. The van der Waals surface area contributed by atoms with Crippen LogP contribution in [0.2, 0.25) is 5.02 Å².